The molecule has 5 rings (SSSR count). The van der Waals surface area contributed by atoms with Crippen LogP contribution in [0.25, 0.3) is 11.2 Å². The van der Waals surface area contributed by atoms with Gasteiger partial charge in [-0.15, -0.1) is 0 Å². The number of hydrogen-bond acceptors (Lipinski definition) is 6. The van der Waals surface area contributed by atoms with E-state index in [-0.39, 0.29) is 12.2 Å². The van der Waals surface area contributed by atoms with E-state index >= 15 is 0 Å². The molecule has 1 aliphatic carbocycles. The lowest BCUT2D eigenvalue weighted by atomic mass is 9.90. The topological polar surface area (TPSA) is 73.4 Å². The second-order valence-electron chi connectivity index (χ2n) is 10.2. The normalized spacial score (nSPS) is 24.4. The molecule has 2 aromatic rings. The maximum Gasteiger partial charge on any atom is 0.258 e. The van der Waals surface area contributed by atoms with Crippen molar-refractivity contribution in [2.24, 2.45) is 4.99 Å². The van der Waals surface area contributed by atoms with Crippen molar-refractivity contribution in [1.82, 2.24) is 14.3 Å². The summed E-state index contributed by atoms with van der Waals surface area (Å²) in [5.41, 5.74) is 8.39. The average Bonchev–Trinajstić information content (AvgIpc) is 2.86. The molecule has 4 heterocycles. The lowest BCUT2D eigenvalue weighted by molar-refractivity contribution is 0.146. The maximum atomic E-state index is 13.2. The van der Waals surface area contributed by atoms with Crippen molar-refractivity contribution in [1.29, 1.82) is 0 Å². The SMILES string of the molecule is CC/C1=C/C(c2cc(=O)n3cc(N4CCN(CCO)C(C)C4)ccc3n2)=C\CCC2=C1N=C(C)CC2. The summed E-state index contributed by atoms with van der Waals surface area (Å²) in [4.78, 5) is 27.7. The van der Waals surface area contributed by atoms with Crippen molar-refractivity contribution in [3.05, 3.63) is 69.4 Å². The molecule has 0 bridgehead atoms. The van der Waals surface area contributed by atoms with E-state index in [1.807, 2.05) is 12.3 Å². The lowest BCUT2D eigenvalue weighted by Gasteiger charge is -2.40. The number of rotatable bonds is 5. The number of aliphatic imine (C=N–C) groups is 1. The van der Waals surface area contributed by atoms with Crippen LogP contribution in [0.4, 0.5) is 5.69 Å². The molecule has 7 nitrogen and oxygen atoms in total. The van der Waals surface area contributed by atoms with E-state index in [4.69, 9.17) is 9.98 Å². The van der Waals surface area contributed by atoms with Gasteiger partial charge in [0.05, 0.1) is 23.7 Å². The summed E-state index contributed by atoms with van der Waals surface area (Å²) in [7, 11) is 0. The summed E-state index contributed by atoms with van der Waals surface area (Å²) < 4.78 is 1.66. The molecule has 1 fully saturated rings. The van der Waals surface area contributed by atoms with E-state index in [9.17, 15) is 9.90 Å². The van der Waals surface area contributed by atoms with Gasteiger partial charge < -0.3 is 10.0 Å². The van der Waals surface area contributed by atoms with Crippen LogP contribution in [-0.2, 0) is 0 Å². The third-order valence-corrected chi connectivity index (χ3v) is 7.71. The molecule has 3 aliphatic rings. The largest absolute Gasteiger partial charge is 0.395 e. The van der Waals surface area contributed by atoms with Gasteiger partial charge in [-0.3, -0.25) is 19.1 Å². The summed E-state index contributed by atoms with van der Waals surface area (Å²) in [5.74, 6) is 0. The molecule has 190 valence electrons. The number of nitrogens with zero attached hydrogens (tertiary/aromatic N) is 5. The quantitative estimate of drug-likeness (QED) is 0.684. The molecule has 7 heteroatoms. The van der Waals surface area contributed by atoms with Crippen molar-refractivity contribution in [2.75, 3.05) is 37.7 Å². The molecule has 36 heavy (non-hydrogen) atoms. The first kappa shape index (κ1) is 24.7. The van der Waals surface area contributed by atoms with Crippen molar-refractivity contribution in [3.8, 4) is 0 Å². The zero-order valence-corrected chi connectivity index (χ0v) is 21.7. The summed E-state index contributed by atoms with van der Waals surface area (Å²) >= 11 is 0. The fourth-order valence-corrected chi connectivity index (χ4v) is 5.60. The average molecular weight is 488 g/mol. The highest BCUT2D eigenvalue weighted by molar-refractivity contribution is 5.85. The second kappa shape index (κ2) is 10.5. The number of allylic oxidation sites excluding steroid dienone is 5. The fraction of sp³-hybridized carbons (Fsp3) is 0.483. The minimum atomic E-state index is -0.0651. The Morgan fingerprint density at radius 3 is 2.81 bits per heavy atom. The number of piperazine rings is 1. The van der Waals surface area contributed by atoms with Gasteiger partial charge in [0.2, 0.25) is 0 Å². The van der Waals surface area contributed by atoms with Gasteiger partial charge in [-0.25, -0.2) is 4.98 Å². The van der Waals surface area contributed by atoms with Gasteiger partial charge in [-0.05, 0) is 80.9 Å². The zero-order valence-electron chi connectivity index (χ0n) is 21.7. The molecular formula is C29H37N5O2. The van der Waals surface area contributed by atoms with Crippen LogP contribution < -0.4 is 10.5 Å². The van der Waals surface area contributed by atoms with Gasteiger partial charge in [-0.2, -0.15) is 0 Å². The molecule has 2 aromatic heterocycles. The Labute approximate surface area is 213 Å². The van der Waals surface area contributed by atoms with E-state index in [0.29, 0.717) is 18.2 Å². The van der Waals surface area contributed by atoms with Gasteiger partial charge in [0, 0.05) is 50.2 Å². The Balaban J connectivity index is 1.45. The fourth-order valence-electron chi connectivity index (χ4n) is 5.60. The maximum absolute atomic E-state index is 13.2. The first-order valence-electron chi connectivity index (χ1n) is 13.3. The van der Waals surface area contributed by atoms with Crippen molar-refractivity contribution >= 4 is 22.6 Å². The van der Waals surface area contributed by atoms with Crippen molar-refractivity contribution < 1.29 is 5.11 Å². The van der Waals surface area contributed by atoms with Crippen LogP contribution in [0.5, 0.6) is 0 Å². The molecular weight excluding hydrogens is 450 g/mol. The van der Waals surface area contributed by atoms with Gasteiger partial charge in [0.15, 0.2) is 0 Å². The van der Waals surface area contributed by atoms with Gasteiger partial charge in [0.25, 0.3) is 5.56 Å². The zero-order chi connectivity index (χ0) is 25.2. The van der Waals surface area contributed by atoms with Crippen LogP contribution in [0.2, 0.25) is 0 Å². The predicted molar refractivity (Wildman–Crippen MR) is 147 cm³/mol. The van der Waals surface area contributed by atoms with Gasteiger partial charge >= 0.3 is 0 Å². The summed E-state index contributed by atoms with van der Waals surface area (Å²) in [5, 5.41) is 9.29. The van der Waals surface area contributed by atoms with E-state index in [1.165, 1.54) is 16.9 Å². The van der Waals surface area contributed by atoms with Crippen LogP contribution in [-0.4, -0.2) is 63.9 Å². The molecule has 1 atom stereocenters. The molecule has 1 N–H and O–H groups in total. The Morgan fingerprint density at radius 2 is 2.03 bits per heavy atom. The van der Waals surface area contributed by atoms with E-state index < -0.39 is 0 Å². The third-order valence-electron chi connectivity index (χ3n) is 7.71. The van der Waals surface area contributed by atoms with E-state index in [2.05, 4.69) is 48.8 Å². The Hall–Kier alpha value is -3.03. The molecule has 0 aromatic carbocycles. The molecule has 0 saturated carbocycles. The second-order valence-corrected chi connectivity index (χ2v) is 10.2. The minimum absolute atomic E-state index is 0.0651. The van der Waals surface area contributed by atoms with Crippen molar-refractivity contribution in [3.63, 3.8) is 0 Å². The number of anilines is 1. The van der Waals surface area contributed by atoms with Crippen LogP contribution in [0, 0.1) is 0 Å². The summed E-state index contributed by atoms with van der Waals surface area (Å²) in [6, 6.07) is 6.03. The molecule has 0 amide bonds. The van der Waals surface area contributed by atoms with E-state index in [1.54, 1.807) is 10.5 Å². The number of pyridine rings is 1. The van der Waals surface area contributed by atoms with Crippen molar-refractivity contribution in [2.45, 2.75) is 58.9 Å². The molecule has 2 aliphatic heterocycles. The number of β-amino-alcohol motifs (C(OH)–C–C–N with tert-alkyl or cyclic N) is 1. The highest BCUT2D eigenvalue weighted by Gasteiger charge is 2.24. The predicted octanol–water partition coefficient (Wildman–Crippen LogP) is 4.22. The highest BCUT2D eigenvalue weighted by atomic mass is 16.3. The number of aromatic nitrogens is 2. The Bertz CT molecular complexity index is 1330. The first-order chi connectivity index (χ1) is 17.5. The van der Waals surface area contributed by atoms with E-state index in [0.717, 1.165) is 74.4 Å². The molecule has 1 unspecified atom stereocenters. The monoisotopic (exact) mass is 487 g/mol. The number of hydrogen-bond donors (Lipinski definition) is 1. The molecule has 0 radical (unpaired) electrons. The number of fused-ring (bicyclic) bond motifs is 1. The highest BCUT2D eigenvalue weighted by Crippen LogP contribution is 2.34. The summed E-state index contributed by atoms with van der Waals surface area (Å²) in [6.07, 6.45) is 11.3. The van der Waals surface area contributed by atoms with Crippen LogP contribution in [0.15, 0.2) is 63.2 Å². The standard InChI is InChI=1S/C29H37N5O2/c1-4-22-16-24(7-5-6-23-9-8-20(2)30-29(22)23)26-17-28(36)34-19-25(10-11-27(34)31-26)33-13-12-32(14-15-35)21(3)18-33/h7,10-11,16-17,19,21,35H,4-6,8-9,12-15,18H2,1-3H3/b22-16-,24-7+. The number of aliphatic hydroxyl groups excluding tert-OH is 1. The van der Waals surface area contributed by atoms with Gasteiger partial charge in [-0.1, -0.05) is 13.0 Å². The van der Waals surface area contributed by atoms with Crippen LogP contribution in [0.3, 0.4) is 0 Å². The third kappa shape index (κ3) is 4.95. The Morgan fingerprint density at radius 1 is 1.17 bits per heavy atom. The first-order valence-corrected chi connectivity index (χ1v) is 13.3. The van der Waals surface area contributed by atoms with Crippen LogP contribution in [0.1, 0.15) is 58.6 Å². The number of aliphatic hydroxyl groups is 1. The molecule has 1 saturated heterocycles. The smallest absolute Gasteiger partial charge is 0.258 e. The lowest BCUT2D eigenvalue weighted by Crippen LogP contribution is -2.52. The minimum Gasteiger partial charge on any atom is -0.395 e. The summed E-state index contributed by atoms with van der Waals surface area (Å²) in [6.45, 7) is 9.98. The van der Waals surface area contributed by atoms with Crippen LogP contribution >= 0.6 is 0 Å². The molecule has 0 spiro atoms. The van der Waals surface area contributed by atoms with Gasteiger partial charge in [0.1, 0.15) is 5.65 Å². The Kier molecular flexibility index (Phi) is 7.21.